The van der Waals surface area contributed by atoms with Crippen LogP contribution < -0.4 is 20.9 Å². The number of benzene rings is 1. The molecule has 1 aromatic carbocycles. The zero-order valence-corrected chi connectivity index (χ0v) is 10.6. The van der Waals surface area contributed by atoms with Gasteiger partial charge in [-0.3, -0.25) is 0 Å². The van der Waals surface area contributed by atoms with E-state index < -0.39 is 0 Å². The molecule has 0 bridgehead atoms. The number of hydrogen-bond acceptors (Lipinski definition) is 5. The van der Waals surface area contributed by atoms with Gasteiger partial charge in [0.25, 0.3) is 0 Å². The van der Waals surface area contributed by atoms with E-state index in [4.69, 9.17) is 26.4 Å². The lowest BCUT2D eigenvalue weighted by Crippen LogP contribution is -2.11. The van der Waals surface area contributed by atoms with Crippen molar-refractivity contribution in [2.75, 3.05) is 6.79 Å². The number of hydrogen-bond donors (Lipinski definition) is 3. The van der Waals surface area contributed by atoms with Crippen LogP contribution in [0.1, 0.15) is 12.5 Å². The molecule has 0 amide bonds. The summed E-state index contributed by atoms with van der Waals surface area (Å²) in [5.41, 5.74) is 12.8. The minimum Gasteiger partial charge on any atom is -0.454 e. The highest BCUT2D eigenvalue weighted by atomic mass is 16.7. The van der Waals surface area contributed by atoms with Gasteiger partial charge >= 0.3 is 0 Å². The lowest BCUT2D eigenvalue weighted by atomic mass is 10.1. The maximum absolute atomic E-state index is 7.41. The van der Waals surface area contributed by atoms with Crippen LogP contribution in [-0.2, 0) is 6.42 Å². The van der Waals surface area contributed by atoms with Gasteiger partial charge < -0.3 is 26.4 Å². The Morgan fingerprint density at radius 1 is 1.37 bits per heavy atom. The Bertz CT molecular complexity index is 560. The number of nitrogens with zero attached hydrogens (tertiary/aromatic N) is 1. The fraction of sp³-hybridized carbons (Fsp3) is 0.231. The van der Waals surface area contributed by atoms with Crippen molar-refractivity contribution in [2.45, 2.75) is 13.3 Å². The molecule has 0 aromatic heterocycles. The third-order valence-corrected chi connectivity index (χ3v) is 2.63. The molecule has 5 N–H and O–H groups in total. The first-order valence-electron chi connectivity index (χ1n) is 5.78. The van der Waals surface area contributed by atoms with Crippen LogP contribution >= 0.6 is 0 Å². The predicted molar refractivity (Wildman–Crippen MR) is 73.6 cm³/mol. The number of aliphatic imine (C=N–C) groups is 1. The third kappa shape index (κ3) is 3.04. The van der Waals surface area contributed by atoms with Crippen molar-refractivity contribution in [2.24, 2.45) is 16.5 Å². The van der Waals surface area contributed by atoms with Crippen LogP contribution in [0.25, 0.3) is 0 Å². The average Bonchev–Trinajstić information content (AvgIpc) is 2.82. The van der Waals surface area contributed by atoms with Crippen LogP contribution in [0.4, 0.5) is 0 Å². The van der Waals surface area contributed by atoms with Crippen molar-refractivity contribution in [3.8, 4) is 11.5 Å². The van der Waals surface area contributed by atoms with E-state index >= 15 is 0 Å². The molecule has 1 aliphatic heterocycles. The molecule has 0 aliphatic carbocycles. The Morgan fingerprint density at radius 2 is 2.11 bits per heavy atom. The molecule has 0 unspecified atom stereocenters. The molecule has 0 radical (unpaired) electrons. The first-order chi connectivity index (χ1) is 9.10. The van der Waals surface area contributed by atoms with E-state index in [2.05, 4.69) is 4.99 Å². The number of rotatable bonds is 4. The molecule has 0 fully saturated rings. The maximum Gasteiger partial charge on any atom is 0.231 e. The fourth-order valence-corrected chi connectivity index (χ4v) is 1.75. The lowest BCUT2D eigenvalue weighted by molar-refractivity contribution is 0.174. The van der Waals surface area contributed by atoms with Gasteiger partial charge in [-0.05, 0) is 24.6 Å². The zero-order valence-electron chi connectivity index (χ0n) is 10.6. The first-order valence-corrected chi connectivity index (χ1v) is 5.78. The normalized spacial score (nSPS) is 15.1. The summed E-state index contributed by atoms with van der Waals surface area (Å²) in [6.07, 6.45) is 1.68. The van der Waals surface area contributed by atoms with Gasteiger partial charge in [-0.15, -0.1) is 0 Å². The van der Waals surface area contributed by atoms with E-state index in [0.29, 0.717) is 23.6 Å². The highest BCUT2D eigenvalue weighted by molar-refractivity contribution is 5.82. The van der Waals surface area contributed by atoms with Crippen LogP contribution in [0.5, 0.6) is 11.5 Å². The Morgan fingerprint density at radius 3 is 2.79 bits per heavy atom. The molecule has 19 heavy (non-hydrogen) atoms. The van der Waals surface area contributed by atoms with Crippen LogP contribution in [-0.4, -0.2) is 18.8 Å². The number of fused-ring (bicyclic) bond motifs is 1. The van der Waals surface area contributed by atoms with Crippen molar-refractivity contribution < 1.29 is 9.47 Å². The van der Waals surface area contributed by atoms with Gasteiger partial charge in [-0.2, -0.15) is 0 Å². The van der Waals surface area contributed by atoms with Gasteiger partial charge in [0.1, 0.15) is 5.82 Å². The molecule has 2 rings (SSSR count). The van der Waals surface area contributed by atoms with Gasteiger partial charge in [0.2, 0.25) is 6.79 Å². The maximum atomic E-state index is 7.41. The second kappa shape index (κ2) is 5.43. The zero-order chi connectivity index (χ0) is 13.8. The van der Waals surface area contributed by atoms with Crippen LogP contribution in [0.3, 0.4) is 0 Å². The molecule has 6 nitrogen and oxygen atoms in total. The number of nitrogens with one attached hydrogen (secondary N) is 1. The summed E-state index contributed by atoms with van der Waals surface area (Å²) in [6, 6.07) is 5.62. The summed E-state index contributed by atoms with van der Waals surface area (Å²) in [4.78, 5) is 3.96. The van der Waals surface area contributed by atoms with Crippen molar-refractivity contribution in [1.29, 1.82) is 5.41 Å². The quantitative estimate of drug-likeness (QED) is 0.557. The Balaban J connectivity index is 2.24. The van der Waals surface area contributed by atoms with E-state index in [9.17, 15) is 0 Å². The molecule has 0 atom stereocenters. The Labute approximate surface area is 111 Å². The highest BCUT2D eigenvalue weighted by Crippen LogP contribution is 2.33. The molecule has 1 aromatic rings. The van der Waals surface area contributed by atoms with E-state index in [-0.39, 0.29) is 12.6 Å². The smallest absolute Gasteiger partial charge is 0.231 e. The summed E-state index contributed by atoms with van der Waals surface area (Å²) in [5, 5.41) is 7.41. The minimum absolute atomic E-state index is 0.241. The van der Waals surface area contributed by atoms with E-state index in [1.807, 2.05) is 18.2 Å². The van der Waals surface area contributed by atoms with E-state index in [1.54, 1.807) is 6.92 Å². The molecule has 1 heterocycles. The fourth-order valence-electron chi connectivity index (χ4n) is 1.75. The second-order valence-corrected chi connectivity index (χ2v) is 4.17. The van der Waals surface area contributed by atoms with Gasteiger partial charge in [0, 0.05) is 18.2 Å². The molecular formula is C13H16N4O2. The summed E-state index contributed by atoms with van der Waals surface area (Å²) in [6.45, 7) is 1.89. The molecule has 1 aliphatic rings. The molecule has 6 heteroatoms. The average molecular weight is 260 g/mol. The number of allylic oxidation sites excluding steroid dienone is 1. The van der Waals surface area contributed by atoms with Crippen LogP contribution in [0, 0.1) is 5.41 Å². The molecule has 0 spiro atoms. The highest BCUT2D eigenvalue weighted by Gasteiger charge is 2.13. The number of nitrogens with two attached hydrogens (primary N) is 2. The molecule has 0 saturated carbocycles. The standard InChI is InChI=1S/C13H16N4O2/c1-8(15)17-13(16)10(6-14)4-9-2-3-11-12(5-9)19-7-18-11/h2-3,5-6,14H,4,7,16H2,1H3,(H2,15,17)/b13-10-,14-6?. The number of amidine groups is 1. The van der Waals surface area contributed by atoms with Gasteiger partial charge in [-0.25, -0.2) is 4.99 Å². The Kier molecular flexibility index (Phi) is 3.70. The molecule has 0 saturated heterocycles. The van der Waals surface area contributed by atoms with Crippen molar-refractivity contribution in [1.82, 2.24) is 0 Å². The summed E-state index contributed by atoms with van der Waals surface area (Å²) >= 11 is 0. The SMILES string of the molecule is C/C(N)=N\C(N)=C(/C=N)Cc1ccc2c(c1)OCO2. The first kappa shape index (κ1) is 12.9. The third-order valence-electron chi connectivity index (χ3n) is 2.63. The summed E-state index contributed by atoms with van der Waals surface area (Å²) in [7, 11) is 0. The van der Waals surface area contributed by atoms with E-state index in [1.165, 1.54) is 6.21 Å². The largest absolute Gasteiger partial charge is 0.454 e. The van der Waals surface area contributed by atoms with Gasteiger partial charge in [0.05, 0.1) is 5.84 Å². The summed E-state index contributed by atoms with van der Waals surface area (Å²) < 4.78 is 10.5. The lowest BCUT2D eigenvalue weighted by Gasteiger charge is -2.06. The Hall–Kier alpha value is -2.50. The minimum atomic E-state index is 0.241. The second-order valence-electron chi connectivity index (χ2n) is 4.17. The number of ether oxygens (including phenoxy) is 2. The predicted octanol–water partition coefficient (Wildman–Crippen LogP) is 1.15. The van der Waals surface area contributed by atoms with Crippen LogP contribution in [0.15, 0.2) is 34.6 Å². The van der Waals surface area contributed by atoms with Crippen LogP contribution in [0.2, 0.25) is 0 Å². The van der Waals surface area contributed by atoms with Gasteiger partial charge in [0.15, 0.2) is 11.5 Å². The monoisotopic (exact) mass is 260 g/mol. The molecular weight excluding hydrogens is 244 g/mol. The van der Waals surface area contributed by atoms with Crippen molar-refractivity contribution in [3.05, 3.63) is 35.2 Å². The molecule has 100 valence electrons. The van der Waals surface area contributed by atoms with Crippen molar-refractivity contribution in [3.63, 3.8) is 0 Å². The van der Waals surface area contributed by atoms with E-state index in [0.717, 1.165) is 11.3 Å². The topological polar surface area (TPSA) is 107 Å². The summed E-state index contributed by atoms with van der Waals surface area (Å²) in [5.74, 6) is 2.06. The van der Waals surface area contributed by atoms with Crippen molar-refractivity contribution >= 4 is 12.1 Å². The van der Waals surface area contributed by atoms with Gasteiger partial charge in [-0.1, -0.05) is 6.07 Å².